The summed E-state index contributed by atoms with van der Waals surface area (Å²) in [5.74, 6) is -1.85. The van der Waals surface area contributed by atoms with Crippen LogP contribution in [0.4, 0.5) is 9.52 Å². The predicted molar refractivity (Wildman–Crippen MR) is 72.9 cm³/mol. The van der Waals surface area contributed by atoms with Crippen LogP contribution in [0.15, 0.2) is 10.5 Å². The van der Waals surface area contributed by atoms with Crippen LogP contribution < -0.4 is 5.32 Å². The fourth-order valence-electron chi connectivity index (χ4n) is 1.50. The smallest absolute Gasteiger partial charge is 0.343 e. The first kappa shape index (κ1) is 13.9. The van der Waals surface area contributed by atoms with Gasteiger partial charge in [0.1, 0.15) is 11.1 Å². The highest BCUT2D eigenvalue weighted by Crippen LogP contribution is 2.34. The second-order valence-corrected chi connectivity index (χ2v) is 5.47. The van der Waals surface area contributed by atoms with E-state index in [0.717, 1.165) is 18.4 Å². The van der Waals surface area contributed by atoms with Crippen LogP contribution >= 0.6 is 27.3 Å². The maximum Gasteiger partial charge on any atom is 0.343 e. The Morgan fingerprint density at radius 1 is 1.53 bits per heavy atom. The molecule has 0 aliphatic carbocycles. The minimum atomic E-state index is -0.816. The SMILES string of the molecule is COC(=O)c1c(F)c(Br)cc2sc(NC(C)=O)nc12. The first-order valence-corrected chi connectivity index (χ1v) is 6.69. The number of carbonyl (C=O) groups is 2. The Morgan fingerprint density at radius 2 is 2.21 bits per heavy atom. The summed E-state index contributed by atoms with van der Waals surface area (Å²) in [5, 5.41) is 2.79. The number of hydrogen-bond acceptors (Lipinski definition) is 5. The van der Waals surface area contributed by atoms with Gasteiger partial charge in [0, 0.05) is 6.92 Å². The number of carbonyl (C=O) groups excluding carboxylic acids is 2. The number of aromatic nitrogens is 1. The molecule has 2 rings (SSSR count). The molecule has 1 amide bonds. The van der Waals surface area contributed by atoms with Crippen molar-refractivity contribution in [2.24, 2.45) is 0 Å². The van der Waals surface area contributed by atoms with Crippen molar-refractivity contribution in [3.05, 3.63) is 21.9 Å². The number of halogens is 2. The van der Waals surface area contributed by atoms with E-state index in [4.69, 9.17) is 0 Å². The van der Waals surface area contributed by atoms with Gasteiger partial charge in [-0.1, -0.05) is 11.3 Å². The van der Waals surface area contributed by atoms with Crippen LogP contribution in [0.25, 0.3) is 10.2 Å². The second-order valence-electron chi connectivity index (χ2n) is 3.59. The summed E-state index contributed by atoms with van der Waals surface area (Å²) in [7, 11) is 1.16. The Kier molecular flexibility index (Phi) is 3.81. The van der Waals surface area contributed by atoms with E-state index in [1.165, 1.54) is 13.0 Å². The standard InChI is InChI=1S/C11H8BrFN2O3S/c1-4(16)14-11-15-9-6(19-11)3-5(12)8(13)7(9)10(17)18-2/h3H,1-2H3,(H,14,15,16). The van der Waals surface area contributed by atoms with E-state index >= 15 is 0 Å². The number of ether oxygens (including phenoxy) is 1. The van der Waals surface area contributed by atoms with Gasteiger partial charge in [0.05, 0.1) is 16.3 Å². The summed E-state index contributed by atoms with van der Waals surface area (Å²) in [6.45, 7) is 1.34. The molecule has 1 aromatic carbocycles. The molecule has 0 radical (unpaired) electrons. The molecule has 0 saturated carbocycles. The van der Waals surface area contributed by atoms with Crippen molar-refractivity contribution in [3.63, 3.8) is 0 Å². The molecule has 0 saturated heterocycles. The average molecular weight is 347 g/mol. The van der Waals surface area contributed by atoms with Crippen molar-refractivity contribution in [2.45, 2.75) is 6.92 Å². The first-order chi connectivity index (χ1) is 8.93. The number of nitrogens with one attached hydrogen (secondary N) is 1. The summed E-state index contributed by atoms with van der Waals surface area (Å²) in [6.07, 6.45) is 0. The zero-order valence-electron chi connectivity index (χ0n) is 9.91. The van der Waals surface area contributed by atoms with Crippen molar-refractivity contribution in [1.82, 2.24) is 4.98 Å². The molecule has 0 atom stereocenters. The molecular weight excluding hydrogens is 339 g/mol. The summed E-state index contributed by atoms with van der Waals surface area (Å²) in [6, 6.07) is 1.50. The van der Waals surface area contributed by atoms with Gasteiger partial charge in [-0.25, -0.2) is 14.2 Å². The van der Waals surface area contributed by atoms with Gasteiger partial charge in [-0.15, -0.1) is 0 Å². The molecule has 1 aromatic heterocycles. The number of anilines is 1. The molecular formula is C11H8BrFN2O3S. The first-order valence-electron chi connectivity index (χ1n) is 5.08. The van der Waals surface area contributed by atoms with E-state index < -0.39 is 11.8 Å². The highest BCUT2D eigenvalue weighted by atomic mass is 79.9. The van der Waals surface area contributed by atoms with Gasteiger partial charge in [0.15, 0.2) is 10.9 Å². The lowest BCUT2D eigenvalue weighted by molar-refractivity contribution is -0.114. The van der Waals surface area contributed by atoms with Gasteiger partial charge in [-0.2, -0.15) is 0 Å². The van der Waals surface area contributed by atoms with Gasteiger partial charge in [-0.3, -0.25) is 4.79 Å². The molecule has 1 heterocycles. The molecule has 0 aliphatic rings. The Morgan fingerprint density at radius 3 is 2.79 bits per heavy atom. The Bertz CT molecular complexity index is 686. The number of esters is 1. The molecule has 100 valence electrons. The zero-order valence-corrected chi connectivity index (χ0v) is 12.3. The number of methoxy groups -OCH3 is 1. The molecule has 1 N–H and O–H groups in total. The maximum absolute atomic E-state index is 14.0. The highest BCUT2D eigenvalue weighted by Gasteiger charge is 2.22. The van der Waals surface area contributed by atoms with Crippen LogP contribution in [0.2, 0.25) is 0 Å². The summed E-state index contributed by atoms with van der Waals surface area (Å²) in [4.78, 5) is 26.7. The summed E-state index contributed by atoms with van der Waals surface area (Å²) >= 11 is 4.18. The van der Waals surface area contributed by atoms with Gasteiger partial charge >= 0.3 is 5.97 Å². The Labute approximate surface area is 119 Å². The number of benzene rings is 1. The third kappa shape index (κ3) is 2.59. The molecule has 0 spiro atoms. The van der Waals surface area contributed by atoms with Crippen LogP contribution in [0.1, 0.15) is 17.3 Å². The molecule has 8 heteroatoms. The molecule has 0 unspecified atom stereocenters. The lowest BCUT2D eigenvalue weighted by atomic mass is 10.2. The number of fused-ring (bicyclic) bond motifs is 1. The van der Waals surface area contributed by atoms with Crippen LogP contribution in [0, 0.1) is 5.82 Å². The van der Waals surface area contributed by atoms with Crippen molar-refractivity contribution in [3.8, 4) is 0 Å². The predicted octanol–water partition coefficient (Wildman–Crippen LogP) is 2.94. The summed E-state index contributed by atoms with van der Waals surface area (Å²) < 4.78 is 19.2. The number of thiazole rings is 1. The Hall–Kier alpha value is -1.54. The largest absolute Gasteiger partial charge is 0.465 e. The number of rotatable bonds is 2. The third-order valence-electron chi connectivity index (χ3n) is 2.25. The van der Waals surface area contributed by atoms with Crippen LogP contribution in [0.5, 0.6) is 0 Å². The molecule has 0 aliphatic heterocycles. The molecule has 5 nitrogen and oxygen atoms in total. The topological polar surface area (TPSA) is 68.3 Å². The monoisotopic (exact) mass is 346 g/mol. The lowest BCUT2D eigenvalue weighted by Gasteiger charge is -2.03. The lowest BCUT2D eigenvalue weighted by Crippen LogP contribution is -2.07. The van der Waals surface area contributed by atoms with Crippen molar-refractivity contribution in [1.29, 1.82) is 0 Å². The van der Waals surface area contributed by atoms with Crippen molar-refractivity contribution in [2.75, 3.05) is 12.4 Å². The second kappa shape index (κ2) is 5.22. The van der Waals surface area contributed by atoms with Gasteiger partial charge < -0.3 is 10.1 Å². The minimum Gasteiger partial charge on any atom is -0.465 e. The number of nitrogens with zero attached hydrogens (tertiary/aromatic N) is 1. The molecule has 0 bridgehead atoms. The minimum absolute atomic E-state index is 0.137. The third-order valence-corrected chi connectivity index (χ3v) is 3.74. The van der Waals surface area contributed by atoms with E-state index in [9.17, 15) is 14.0 Å². The summed E-state index contributed by atoms with van der Waals surface area (Å²) in [5.41, 5.74) is -0.0824. The normalized spacial score (nSPS) is 10.5. The van der Waals surface area contributed by atoms with Crippen LogP contribution in [-0.4, -0.2) is 24.0 Å². The van der Waals surface area contributed by atoms with Crippen molar-refractivity contribution < 1.29 is 18.7 Å². The van der Waals surface area contributed by atoms with Gasteiger partial charge in [0.2, 0.25) is 5.91 Å². The number of hydrogen-bond donors (Lipinski definition) is 1. The van der Waals surface area contributed by atoms with E-state index in [1.807, 2.05) is 0 Å². The quantitative estimate of drug-likeness (QED) is 0.849. The van der Waals surface area contributed by atoms with Crippen molar-refractivity contribution >= 4 is 54.5 Å². The molecule has 19 heavy (non-hydrogen) atoms. The van der Waals surface area contributed by atoms with Gasteiger partial charge in [0.25, 0.3) is 0 Å². The molecule has 0 fully saturated rings. The van der Waals surface area contributed by atoms with E-state index in [2.05, 4.69) is 31.0 Å². The Balaban J connectivity index is 2.69. The number of amides is 1. The van der Waals surface area contributed by atoms with E-state index in [0.29, 0.717) is 9.83 Å². The zero-order chi connectivity index (χ0) is 14.2. The fraction of sp³-hybridized carbons (Fsp3) is 0.182. The fourth-order valence-corrected chi connectivity index (χ4v) is 3.04. The van der Waals surface area contributed by atoms with E-state index in [-0.39, 0.29) is 21.5 Å². The maximum atomic E-state index is 14.0. The van der Waals surface area contributed by atoms with Crippen LogP contribution in [0.3, 0.4) is 0 Å². The molecule has 2 aromatic rings. The van der Waals surface area contributed by atoms with E-state index in [1.54, 1.807) is 0 Å². The van der Waals surface area contributed by atoms with Crippen LogP contribution in [-0.2, 0) is 9.53 Å². The highest BCUT2D eigenvalue weighted by molar-refractivity contribution is 9.10. The average Bonchev–Trinajstić information content (AvgIpc) is 2.70. The van der Waals surface area contributed by atoms with Gasteiger partial charge in [-0.05, 0) is 22.0 Å².